The van der Waals surface area contributed by atoms with E-state index in [-0.39, 0.29) is 23.9 Å². The van der Waals surface area contributed by atoms with Crippen molar-refractivity contribution in [2.24, 2.45) is 5.92 Å². The fourth-order valence-electron chi connectivity index (χ4n) is 4.92. The highest BCUT2D eigenvalue weighted by Gasteiger charge is 2.42. The quantitative estimate of drug-likeness (QED) is 0.676. The van der Waals surface area contributed by atoms with Gasteiger partial charge in [-0.15, -0.1) is 0 Å². The summed E-state index contributed by atoms with van der Waals surface area (Å²) in [5.41, 5.74) is 0. The maximum atomic E-state index is 12.9. The van der Waals surface area contributed by atoms with Crippen LogP contribution < -0.4 is 10.6 Å². The van der Waals surface area contributed by atoms with Crippen LogP contribution in [0.25, 0.3) is 0 Å². The number of hydrogen-bond donors (Lipinski definition) is 2. The molecule has 0 radical (unpaired) electrons. The van der Waals surface area contributed by atoms with E-state index in [1.54, 1.807) is 7.05 Å². The van der Waals surface area contributed by atoms with Gasteiger partial charge in [-0.25, -0.2) is 0 Å². The molecule has 1 aliphatic carbocycles. The van der Waals surface area contributed by atoms with E-state index < -0.39 is 0 Å². The Morgan fingerprint density at radius 3 is 2.48 bits per heavy atom. The number of morpholine rings is 1. The summed E-state index contributed by atoms with van der Waals surface area (Å²) in [5.74, 6) is 0.542. The van der Waals surface area contributed by atoms with Crippen LogP contribution in [-0.4, -0.2) is 86.7 Å². The summed E-state index contributed by atoms with van der Waals surface area (Å²) in [6.07, 6.45) is 7.69. The number of carbonyl (C=O) groups excluding carboxylic acids is 2. The Bertz CT molecular complexity index is 490. The molecule has 0 bridgehead atoms. The number of likely N-dealkylation sites (N-methyl/N-ethyl adjacent to an activating group) is 1. The van der Waals surface area contributed by atoms with Gasteiger partial charge in [-0.1, -0.05) is 19.3 Å². The number of likely N-dealkylation sites (tertiary alicyclic amines) is 1. The Balaban J connectivity index is 1.56. The van der Waals surface area contributed by atoms with Gasteiger partial charge < -0.3 is 15.4 Å². The van der Waals surface area contributed by atoms with Crippen molar-refractivity contribution < 1.29 is 14.3 Å². The van der Waals surface area contributed by atoms with Crippen LogP contribution in [0.1, 0.15) is 44.9 Å². The third kappa shape index (κ3) is 5.42. The normalized spacial score (nSPS) is 26.6. The molecule has 2 unspecified atom stereocenters. The molecule has 0 aromatic heterocycles. The molecular weight excluding hydrogens is 344 g/mol. The van der Waals surface area contributed by atoms with Crippen molar-refractivity contribution in [2.75, 3.05) is 53.0 Å². The first kappa shape index (κ1) is 20.6. The first-order valence-corrected chi connectivity index (χ1v) is 10.8. The lowest BCUT2D eigenvalue weighted by Gasteiger charge is -2.38. The largest absolute Gasteiger partial charge is 0.379 e. The van der Waals surface area contributed by atoms with Crippen molar-refractivity contribution in [1.82, 2.24) is 20.4 Å². The second-order valence-electron chi connectivity index (χ2n) is 8.10. The Kier molecular flexibility index (Phi) is 7.91. The summed E-state index contributed by atoms with van der Waals surface area (Å²) >= 11 is 0. The van der Waals surface area contributed by atoms with Crippen molar-refractivity contribution in [2.45, 2.75) is 57.0 Å². The predicted molar refractivity (Wildman–Crippen MR) is 104 cm³/mol. The predicted octanol–water partition coefficient (Wildman–Crippen LogP) is 0.594. The topological polar surface area (TPSA) is 73.9 Å². The van der Waals surface area contributed by atoms with E-state index in [4.69, 9.17) is 4.74 Å². The zero-order valence-electron chi connectivity index (χ0n) is 16.8. The molecule has 2 saturated heterocycles. The summed E-state index contributed by atoms with van der Waals surface area (Å²) < 4.78 is 5.37. The molecule has 7 heteroatoms. The fourth-order valence-corrected chi connectivity index (χ4v) is 4.92. The van der Waals surface area contributed by atoms with Gasteiger partial charge in [-0.3, -0.25) is 19.4 Å². The molecule has 2 amide bonds. The zero-order chi connectivity index (χ0) is 19.1. The van der Waals surface area contributed by atoms with Crippen LogP contribution in [0.4, 0.5) is 0 Å². The highest BCUT2D eigenvalue weighted by Crippen LogP contribution is 2.33. The number of rotatable bonds is 7. The van der Waals surface area contributed by atoms with Gasteiger partial charge in [0.1, 0.15) is 0 Å². The van der Waals surface area contributed by atoms with Gasteiger partial charge in [0, 0.05) is 33.2 Å². The summed E-state index contributed by atoms with van der Waals surface area (Å²) in [7, 11) is 1.71. The molecule has 2 atom stereocenters. The smallest absolute Gasteiger partial charge is 0.237 e. The minimum atomic E-state index is -0.168. The molecule has 3 fully saturated rings. The maximum Gasteiger partial charge on any atom is 0.237 e. The van der Waals surface area contributed by atoms with Gasteiger partial charge >= 0.3 is 0 Å². The summed E-state index contributed by atoms with van der Waals surface area (Å²) in [6, 6.07) is -0.327. The fraction of sp³-hybridized carbons (Fsp3) is 0.900. The number of amides is 2. The van der Waals surface area contributed by atoms with Crippen molar-refractivity contribution in [3.63, 3.8) is 0 Å². The zero-order valence-corrected chi connectivity index (χ0v) is 16.8. The minimum Gasteiger partial charge on any atom is -0.379 e. The number of ether oxygens (including phenoxy) is 1. The lowest BCUT2D eigenvalue weighted by molar-refractivity contribution is -0.133. The molecule has 2 heterocycles. The highest BCUT2D eigenvalue weighted by molar-refractivity contribution is 5.85. The standard InChI is InChI=1S/C20H36N4O3/c1-21-20(26)18(16-6-3-2-4-7-16)24-10-5-8-17(24)19(25)22-9-11-23-12-14-27-15-13-23/h16-18H,2-15H2,1H3,(H,21,26)(H,22,25). The van der Waals surface area contributed by atoms with Crippen LogP contribution in [0.2, 0.25) is 0 Å². The van der Waals surface area contributed by atoms with Gasteiger partial charge in [0.05, 0.1) is 25.3 Å². The average molecular weight is 381 g/mol. The molecule has 0 aromatic carbocycles. The van der Waals surface area contributed by atoms with Crippen molar-refractivity contribution >= 4 is 11.8 Å². The number of nitrogens with one attached hydrogen (secondary N) is 2. The van der Waals surface area contributed by atoms with E-state index >= 15 is 0 Å². The van der Waals surface area contributed by atoms with Crippen LogP contribution in [-0.2, 0) is 14.3 Å². The molecule has 3 rings (SSSR count). The molecule has 2 aliphatic heterocycles. The van der Waals surface area contributed by atoms with Gasteiger partial charge in [-0.05, 0) is 38.1 Å². The van der Waals surface area contributed by atoms with E-state index in [2.05, 4.69) is 20.4 Å². The number of nitrogens with zero attached hydrogens (tertiary/aromatic N) is 2. The summed E-state index contributed by atoms with van der Waals surface area (Å²) in [5, 5.41) is 5.98. The number of carbonyl (C=O) groups is 2. The van der Waals surface area contributed by atoms with Gasteiger partial charge in [0.2, 0.25) is 11.8 Å². The van der Waals surface area contributed by atoms with Crippen LogP contribution >= 0.6 is 0 Å². The van der Waals surface area contributed by atoms with E-state index in [0.29, 0.717) is 12.5 Å². The van der Waals surface area contributed by atoms with E-state index in [1.165, 1.54) is 19.3 Å². The van der Waals surface area contributed by atoms with Crippen molar-refractivity contribution in [3.05, 3.63) is 0 Å². The van der Waals surface area contributed by atoms with Gasteiger partial charge in [0.15, 0.2) is 0 Å². The summed E-state index contributed by atoms with van der Waals surface area (Å²) in [4.78, 5) is 30.1. The lowest BCUT2D eigenvalue weighted by atomic mass is 9.82. The van der Waals surface area contributed by atoms with Crippen molar-refractivity contribution in [3.8, 4) is 0 Å². The maximum absolute atomic E-state index is 12.9. The van der Waals surface area contributed by atoms with E-state index in [9.17, 15) is 9.59 Å². The highest BCUT2D eigenvalue weighted by atomic mass is 16.5. The molecule has 2 N–H and O–H groups in total. The SMILES string of the molecule is CNC(=O)C(C1CCCCC1)N1CCCC1C(=O)NCCN1CCOCC1. The second-order valence-corrected chi connectivity index (χ2v) is 8.10. The molecule has 7 nitrogen and oxygen atoms in total. The third-order valence-electron chi connectivity index (χ3n) is 6.40. The Morgan fingerprint density at radius 1 is 1.04 bits per heavy atom. The van der Waals surface area contributed by atoms with Crippen LogP contribution in [0.15, 0.2) is 0 Å². The van der Waals surface area contributed by atoms with Gasteiger partial charge in [-0.2, -0.15) is 0 Å². The van der Waals surface area contributed by atoms with Crippen LogP contribution in [0, 0.1) is 5.92 Å². The average Bonchev–Trinajstić information content (AvgIpc) is 3.19. The second kappa shape index (κ2) is 10.4. The van der Waals surface area contributed by atoms with Gasteiger partial charge in [0.25, 0.3) is 0 Å². The summed E-state index contributed by atoms with van der Waals surface area (Å²) in [6.45, 7) is 5.80. The molecule has 0 spiro atoms. The Hall–Kier alpha value is -1.18. The monoisotopic (exact) mass is 380 g/mol. The third-order valence-corrected chi connectivity index (χ3v) is 6.40. The van der Waals surface area contributed by atoms with E-state index in [0.717, 1.165) is 65.1 Å². The molecular formula is C20H36N4O3. The first-order chi connectivity index (χ1) is 13.2. The Morgan fingerprint density at radius 2 is 1.78 bits per heavy atom. The Labute approximate surface area is 163 Å². The minimum absolute atomic E-state index is 0.0786. The van der Waals surface area contributed by atoms with Crippen LogP contribution in [0.5, 0.6) is 0 Å². The van der Waals surface area contributed by atoms with Crippen LogP contribution in [0.3, 0.4) is 0 Å². The van der Waals surface area contributed by atoms with E-state index in [1.807, 2.05) is 0 Å². The number of hydrogen-bond acceptors (Lipinski definition) is 5. The lowest BCUT2D eigenvalue weighted by Crippen LogP contribution is -2.56. The molecule has 154 valence electrons. The first-order valence-electron chi connectivity index (χ1n) is 10.8. The molecule has 27 heavy (non-hydrogen) atoms. The molecule has 1 saturated carbocycles. The molecule has 3 aliphatic rings. The molecule has 0 aromatic rings. The van der Waals surface area contributed by atoms with Crippen molar-refractivity contribution in [1.29, 1.82) is 0 Å².